The smallest absolute Gasteiger partial charge is 0.293 e. The second kappa shape index (κ2) is 6.44. The van der Waals surface area contributed by atoms with Gasteiger partial charge >= 0.3 is 0 Å². The molecule has 0 saturated carbocycles. The van der Waals surface area contributed by atoms with E-state index in [1.54, 1.807) is 6.92 Å². The maximum atomic E-state index is 9.18. The van der Waals surface area contributed by atoms with E-state index >= 15 is 0 Å². The van der Waals surface area contributed by atoms with Crippen LogP contribution in [-0.4, -0.2) is 13.1 Å². The van der Waals surface area contributed by atoms with Crippen LogP contribution < -0.4 is 0 Å². The Morgan fingerprint density at radius 2 is 2.20 bits per heavy atom. The molecular formula is C11H11IO3. The predicted octanol–water partition coefficient (Wildman–Crippen LogP) is 3.22. The van der Waals surface area contributed by atoms with Crippen LogP contribution in [0.25, 0.3) is 11.0 Å². The lowest BCUT2D eigenvalue weighted by molar-refractivity contribution is -0.128. The zero-order valence-electron chi connectivity index (χ0n) is 8.27. The normalized spacial score (nSPS) is 9.20. The molecule has 0 atom stereocenters. The standard InChI is InChI=1S/C8H5IO.C3H6O2/c9-8-5-6-3-1-2-4-7(6)10-8;1-2-5-3-4/h1-5H;3H,2H2,1H3. The molecule has 1 aromatic heterocycles. The van der Waals surface area contributed by atoms with E-state index in [0.717, 1.165) is 9.35 Å². The number of halogens is 1. The largest absolute Gasteiger partial charge is 0.468 e. The Bertz CT molecular complexity index is 389. The summed E-state index contributed by atoms with van der Waals surface area (Å²) in [7, 11) is 0. The number of benzene rings is 1. The average Bonchev–Trinajstić information content (AvgIpc) is 2.60. The summed E-state index contributed by atoms with van der Waals surface area (Å²) >= 11 is 2.17. The molecule has 0 aliphatic rings. The molecule has 0 radical (unpaired) electrons. The highest BCUT2D eigenvalue weighted by Crippen LogP contribution is 2.19. The minimum absolute atomic E-state index is 0.431. The number of furan rings is 1. The monoisotopic (exact) mass is 318 g/mol. The van der Waals surface area contributed by atoms with Gasteiger partial charge in [-0.05, 0) is 41.6 Å². The van der Waals surface area contributed by atoms with Gasteiger partial charge < -0.3 is 9.15 Å². The van der Waals surface area contributed by atoms with Gasteiger partial charge in [-0.15, -0.1) is 0 Å². The zero-order chi connectivity index (χ0) is 11.1. The molecule has 0 aliphatic carbocycles. The van der Waals surface area contributed by atoms with E-state index in [4.69, 9.17) is 4.42 Å². The van der Waals surface area contributed by atoms with Gasteiger partial charge in [0.05, 0.1) is 6.61 Å². The molecule has 2 rings (SSSR count). The van der Waals surface area contributed by atoms with Crippen molar-refractivity contribution in [3.63, 3.8) is 0 Å². The Kier molecular flexibility index (Phi) is 5.17. The minimum Gasteiger partial charge on any atom is -0.468 e. The van der Waals surface area contributed by atoms with Crippen molar-refractivity contribution in [2.45, 2.75) is 6.92 Å². The number of carbonyl (C=O) groups is 1. The van der Waals surface area contributed by atoms with Crippen LogP contribution in [0.3, 0.4) is 0 Å². The Morgan fingerprint density at radius 1 is 1.47 bits per heavy atom. The first kappa shape index (κ1) is 12.0. The SMILES string of the molecule is CCOC=O.Ic1cc2ccccc2o1. The van der Waals surface area contributed by atoms with Gasteiger partial charge in [-0.3, -0.25) is 4.79 Å². The molecule has 0 spiro atoms. The summed E-state index contributed by atoms with van der Waals surface area (Å²) in [6.45, 7) is 2.66. The van der Waals surface area contributed by atoms with E-state index in [1.807, 2.05) is 30.3 Å². The van der Waals surface area contributed by atoms with Crippen LogP contribution >= 0.6 is 22.6 Å². The maximum absolute atomic E-state index is 9.18. The van der Waals surface area contributed by atoms with E-state index < -0.39 is 0 Å². The molecule has 3 nitrogen and oxygen atoms in total. The van der Waals surface area contributed by atoms with Crippen molar-refractivity contribution in [2.24, 2.45) is 0 Å². The zero-order valence-corrected chi connectivity index (χ0v) is 10.4. The molecule has 80 valence electrons. The van der Waals surface area contributed by atoms with E-state index in [1.165, 1.54) is 5.39 Å². The fourth-order valence-electron chi connectivity index (χ4n) is 1.02. The van der Waals surface area contributed by atoms with Crippen molar-refractivity contribution in [2.75, 3.05) is 6.61 Å². The van der Waals surface area contributed by atoms with Crippen LogP contribution in [0, 0.1) is 3.77 Å². The third kappa shape index (κ3) is 3.91. The second-order valence-electron chi connectivity index (χ2n) is 2.64. The molecule has 15 heavy (non-hydrogen) atoms. The number of rotatable bonds is 2. The van der Waals surface area contributed by atoms with Crippen LogP contribution in [0.2, 0.25) is 0 Å². The quantitative estimate of drug-likeness (QED) is 0.630. The molecular weight excluding hydrogens is 307 g/mol. The number of fused-ring (bicyclic) bond motifs is 1. The minimum atomic E-state index is 0.431. The third-order valence-corrected chi connectivity index (χ3v) is 2.16. The van der Waals surface area contributed by atoms with Crippen molar-refractivity contribution in [3.8, 4) is 0 Å². The fraction of sp³-hybridized carbons (Fsp3) is 0.182. The van der Waals surface area contributed by atoms with Gasteiger partial charge in [0.15, 0.2) is 3.77 Å². The molecule has 0 fully saturated rings. The van der Waals surface area contributed by atoms with Crippen molar-refractivity contribution in [1.82, 2.24) is 0 Å². The predicted molar refractivity (Wildman–Crippen MR) is 66.6 cm³/mol. The topological polar surface area (TPSA) is 39.4 Å². The molecule has 0 unspecified atom stereocenters. The van der Waals surface area contributed by atoms with Crippen molar-refractivity contribution in [1.29, 1.82) is 0 Å². The highest BCUT2D eigenvalue weighted by atomic mass is 127. The molecule has 2 aromatic rings. The number of para-hydroxylation sites is 1. The van der Waals surface area contributed by atoms with Gasteiger partial charge in [-0.25, -0.2) is 0 Å². The summed E-state index contributed by atoms with van der Waals surface area (Å²) < 4.78 is 10.5. The first-order valence-electron chi connectivity index (χ1n) is 4.47. The summed E-state index contributed by atoms with van der Waals surface area (Å²) in [6.07, 6.45) is 0. The first-order valence-corrected chi connectivity index (χ1v) is 5.55. The van der Waals surface area contributed by atoms with E-state index in [9.17, 15) is 4.79 Å². The van der Waals surface area contributed by atoms with Gasteiger partial charge in [0.2, 0.25) is 0 Å². The van der Waals surface area contributed by atoms with Gasteiger partial charge in [-0.1, -0.05) is 18.2 Å². The van der Waals surface area contributed by atoms with Crippen LogP contribution in [0.4, 0.5) is 0 Å². The van der Waals surface area contributed by atoms with Gasteiger partial charge in [0, 0.05) is 5.39 Å². The summed E-state index contributed by atoms with van der Waals surface area (Å²) in [4.78, 5) is 9.18. The molecule has 0 bridgehead atoms. The summed E-state index contributed by atoms with van der Waals surface area (Å²) in [5.41, 5.74) is 0.965. The highest BCUT2D eigenvalue weighted by molar-refractivity contribution is 14.1. The van der Waals surface area contributed by atoms with Crippen molar-refractivity contribution < 1.29 is 13.9 Å². The van der Waals surface area contributed by atoms with Gasteiger partial charge in [0.25, 0.3) is 6.47 Å². The number of hydrogen-bond donors (Lipinski definition) is 0. The third-order valence-electron chi connectivity index (χ3n) is 1.63. The molecule has 1 heterocycles. The van der Waals surface area contributed by atoms with E-state index in [0.29, 0.717) is 13.1 Å². The molecule has 0 aliphatic heterocycles. The maximum Gasteiger partial charge on any atom is 0.293 e. The van der Waals surface area contributed by atoms with Gasteiger partial charge in [-0.2, -0.15) is 0 Å². The average molecular weight is 318 g/mol. The summed E-state index contributed by atoms with van der Waals surface area (Å²) in [5, 5.41) is 1.17. The molecule has 0 N–H and O–H groups in total. The number of ether oxygens (including phenoxy) is 1. The van der Waals surface area contributed by atoms with Crippen LogP contribution in [0.5, 0.6) is 0 Å². The molecule has 0 amide bonds. The molecule has 1 aromatic carbocycles. The summed E-state index contributed by atoms with van der Waals surface area (Å²) in [5.74, 6) is 0. The van der Waals surface area contributed by atoms with E-state index in [2.05, 4.69) is 27.3 Å². The lowest BCUT2D eigenvalue weighted by atomic mass is 10.3. The van der Waals surface area contributed by atoms with Crippen molar-refractivity contribution in [3.05, 3.63) is 34.1 Å². The fourth-order valence-corrected chi connectivity index (χ4v) is 1.59. The number of hydrogen-bond acceptors (Lipinski definition) is 3. The van der Waals surface area contributed by atoms with Crippen LogP contribution in [0.15, 0.2) is 34.7 Å². The lowest BCUT2D eigenvalue weighted by Crippen LogP contribution is -1.80. The van der Waals surface area contributed by atoms with Crippen LogP contribution in [-0.2, 0) is 9.53 Å². The van der Waals surface area contributed by atoms with E-state index in [-0.39, 0.29) is 0 Å². The Hall–Kier alpha value is -1.04. The summed E-state index contributed by atoms with van der Waals surface area (Å²) in [6, 6.07) is 10.0. The highest BCUT2D eigenvalue weighted by Gasteiger charge is 1.96. The second-order valence-corrected chi connectivity index (χ2v) is 3.70. The molecule has 0 saturated heterocycles. The van der Waals surface area contributed by atoms with Crippen molar-refractivity contribution >= 4 is 40.0 Å². The Balaban J connectivity index is 0.000000195. The van der Waals surface area contributed by atoms with Crippen LogP contribution in [0.1, 0.15) is 6.92 Å². The first-order chi connectivity index (χ1) is 7.27. The Morgan fingerprint density at radius 3 is 2.73 bits per heavy atom. The molecule has 4 heteroatoms. The van der Waals surface area contributed by atoms with Gasteiger partial charge in [0.1, 0.15) is 5.58 Å². The lowest BCUT2D eigenvalue weighted by Gasteiger charge is -1.81. The Labute approximate surface area is 102 Å². The number of carbonyl (C=O) groups excluding carboxylic acids is 1.